The molecule has 2 aromatic rings. The van der Waals surface area contributed by atoms with Gasteiger partial charge in [-0.1, -0.05) is 29.3 Å². The van der Waals surface area contributed by atoms with Crippen molar-refractivity contribution in [3.8, 4) is 6.07 Å². The highest BCUT2D eigenvalue weighted by molar-refractivity contribution is 6.36. The van der Waals surface area contributed by atoms with Gasteiger partial charge >= 0.3 is 0 Å². The smallest absolute Gasteiger partial charge is 0.228 e. The lowest BCUT2D eigenvalue weighted by Crippen LogP contribution is -2.20. The first-order chi connectivity index (χ1) is 12.0. The van der Waals surface area contributed by atoms with E-state index in [1.165, 1.54) is 6.07 Å². The zero-order valence-electron chi connectivity index (χ0n) is 12.9. The number of hydrogen-bond acceptors (Lipinski definition) is 3. The fraction of sp³-hybridized carbons (Fsp3) is 0.167. The molecule has 0 saturated heterocycles. The molecule has 1 saturated carbocycles. The van der Waals surface area contributed by atoms with Crippen molar-refractivity contribution in [2.75, 3.05) is 10.6 Å². The van der Waals surface area contributed by atoms with Gasteiger partial charge in [-0.2, -0.15) is 5.26 Å². The molecule has 0 aromatic heterocycles. The van der Waals surface area contributed by atoms with Gasteiger partial charge in [-0.15, -0.1) is 0 Å². The van der Waals surface area contributed by atoms with Crippen LogP contribution in [0.2, 0.25) is 10.0 Å². The number of amides is 2. The van der Waals surface area contributed by atoms with E-state index in [-0.39, 0.29) is 11.8 Å². The molecule has 7 heteroatoms. The quantitative estimate of drug-likeness (QED) is 0.846. The van der Waals surface area contributed by atoms with Crippen molar-refractivity contribution in [3.63, 3.8) is 0 Å². The Balaban J connectivity index is 1.59. The number of carbonyl (C=O) groups excluding carboxylic acids is 2. The van der Waals surface area contributed by atoms with E-state index >= 15 is 0 Å². The third-order valence-corrected chi connectivity index (χ3v) is 4.46. The molecule has 1 fully saturated rings. The number of anilines is 2. The van der Waals surface area contributed by atoms with E-state index in [0.29, 0.717) is 33.4 Å². The van der Waals surface area contributed by atoms with Crippen LogP contribution in [0.3, 0.4) is 0 Å². The first kappa shape index (κ1) is 17.3. The summed E-state index contributed by atoms with van der Waals surface area (Å²) in [6.45, 7) is 0. The number of hydrogen-bond donors (Lipinski definition) is 2. The molecule has 1 aliphatic rings. The Morgan fingerprint density at radius 1 is 1.04 bits per heavy atom. The topological polar surface area (TPSA) is 82.0 Å². The normalized spacial score (nSPS) is 18.1. The van der Waals surface area contributed by atoms with Crippen molar-refractivity contribution in [1.29, 1.82) is 5.26 Å². The molecule has 2 unspecified atom stereocenters. The van der Waals surface area contributed by atoms with Gasteiger partial charge in [0.15, 0.2) is 0 Å². The van der Waals surface area contributed by atoms with Gasteiger partial charge in [0.05, 0.1) is 34.2 Å². The number of rotatable bonds is 4. The van der Waals surface area contributed by atoms with Gasteiger partial charge in [0.25, 0.3) is 0 Å². The summed E-state index contributed by atoms with van der Waals surface area (Å²) in [4.78, 5) is 24.5. The van der Waals surface area contributed by atoms with Crippen molar-refractivity contribution < 1.29 is 9.59 Å². The molecule has 126 valence electrons. The molecule has 2 amide bonds. The second-order valence-electron chi connectivity index (χ2n) is 5.74. The molecule has 2 atom stereocenters. The predicted molar refractivity (Wildman–Crippen MR) is 96.5 cm³/mol. The molecule has 0 aliphatic heterocycles. The average molecular weight is 374 g/mol. The van der Waals surface area contributed by atoms with E-state index in [9.17, 15) is 9.59 Å². The van der Waals surface area contributed by atoms with E-state index in [2.05, 4.69) is 10.6 Å². The van der Waals surface area contributed by atoms with Crippen LogP contribution < -0.4 is 10.6 Å². The minimum absolute atomic E-state index is 0.238. The van der Waals surface area contributed by atoms with Crippen molar-refractivity contribution >= 4 is 46.4 Å². The van der Waals surface area contributed by atoms with Gasteiger partial charge in [-0.3, -0.25) is 9.59 Å². The molecule has 2 aromatic carbocycles. The molecule has 2 N–H and O–H groups in total. The Kier molecular flexibility index (Phi) is 4.93. The molecular formula is C18H13Cl2N3O2. The largest absolute Gasteiger partial charge is 0.326 e. The summed E-state index contributed by atoms with van der Waals surface area (Å²) >= 11 is 11.9. The number of benzene rings is 2. The number of nitrogens with one attached hydrogen (secondary N) is 2. The van der Waals surface area contributed by atoms with Crippen molar-refractivity contribution in [2.45, 2.75) is 6.42 Å². The van der Waals surface area contributed by atoms with Crippen LogP contribution in [-0.2, 0) is 9.59 Å². The Labute approximate surface area is 154 Å². The lowest BCUT2D eigenvalue weighted by molar-refractivity contribution is -0.122. The van der Waals surface area contributed by atoms with E-state index in [1.54, 1.807) is 36.4 Å². The zero-order valence-corrected chi connectivity index (χ0v) is 14.4. The van der Waals surface area contributed by atoms with Gasteiger partial charge in [-0.05, 0) is 42.8 Å². The van der Waals surface area contributed by atoms with Gasteiger partial charge in [-0.25, -0.2) is 0 Å². The Hall–Kier alpha value is -2.55. The maximum absolute atomic E-state index is 12.3. The van der Waals surface area contributed by atoms with Crippen LogP contribution in [0.1, 0.15) is 12.0 Å². The molecule has 0 heterocycles. The van der Waals surface area contributed by atoms with Gasteiger partial charge < -0.3 is 10.6 Å². The van der Waals surface area contributed by atoms with Crippen LogP contribution in [0.5, 0.6) is 0 Å². The van der Waals surface area contributed by atoms with E-state index in [1.807, 2.05) is 6.07 Å². The van der Waals surface area contributed by atoms with Gasteiger partial charge in [0.2, 0.25) is 11.8 Å². The van der Waals surface area contributed by atoms with E-state index in [0.717, 1.165) is 0 Å². The van der Waals surface area contributed by atoms with Crippen LogP contribution in [-0.4, -0.2) is 11.8 Å². The average Bonchev–Trinajstić information content (AvgIpc) is 3.38. The Morgan fingerprint density at radius 3 is 2.44 bits per heavy atom. The number of carbonyl (C=O) groups is 2. The van der Waals surface area contributed by atoms with Crippen LogP contribution in [0.15, 0.2) is 42.5 Å². The summed E-state index contributed by atoms with van der Waals surface area (Å²) in [7, 11) is 0. The van der Waals surface area contributed by atoms with E-state index < -0.39 is 11.8 Å². The molecule has 0 spiro atoms. The second-order valence-corrected chi connectivity index (χ2v) is 6.59. The van der Waals surface area contributed by atoms with Crippen LogP contribution >= 0.6 is 23.2 Å². The molecule has 5 nitrogen and oxygen atoms in total. The lowest BCUT2D eigenvalue weighted by Gasteiger charge is -2.08. The van der Waals surface area contributed by atoms with Gasteiger partial charge in [0, 0.05) is 10.7 Å². The maximum Gasteiger partial charge on any atom is 0.228 e. The Bertz CT molecular complexity index is 892. The number of nitriles is 1. The van der Waals surface area contributed by atoms with Crippen molar-refractivity contribution in [1.82, 2.24) is 0 Å². The Morgan fingerprint density at radius 2 is 1.76 bits per heavy atom. The highest BCUT2D eigenvalue weighted by atomic mass is 35.5. The summed E-state index contributed by atoms with van der Waals surface area (Å²) in [6.07, 6.45) is 0.473. The lowest BCUT2D eigenvalue weighted by atomic mass is 10.2. The van der Waals surface area contributed by atoms with Gasteiger partial charge in [0.1, 0.15) is 0 Å². The minimum Gasteiger partial charge on any atom is -0.326 e. The zero-order chi connectivity index (χ0) is 18.0. The number of halogens is 2. The first-order valence-corrected chi connectivity index (χ1v) is 8.30. The standard InChI is InChI=1S/C18H13Cl2N3O2/c19-11-4-5-16(15(20)7-11)23-18(25)14-8-13(14)17(24)22-12-3-1-2-10(6-12)9-21/h1-7,13-14H,8H2,(H,22,24)(H,23,25). The van der Waals surface area contributed by atoms with Crippen molar-refractivity contribution in [2.24, 2.45) is 11.8 Å². The molecular weight excluding hydrogens is 361 g/mol. The summed E-state index contributed by atoms with van der Waals surface area (Å²) in [6, 6.07) is 13.4. The molecule has 1 aliphatic carbocycles. The maximum atomic E-state index is 12.3. The van der Waals surface area contributed by atoms with Crippen LogP contribution in [0, 0.1) is 23.2 Å². The third kappa shape index (κ3) is 4.11. The summed E-state index contributed by atoms with van der Waals surface area (Å²) in [5.74, 6) is -1.28. The van der Waals surface area contributed by atoms with Crippen molar-refractivity contribution in [3.05, 3.63) is 58.1 Å². The first-order valence-electron chi connectivity index (χ1n) is 7.55. The summed E-state index contributed by atoms with van der Waals surface area (Å²) < 4.78 is 0. The molecule has 0 radical (unpaired) electrons. The summed E-state index contributed by atoms with van der Waals surface area (Å²) in [5.41, 5.74) is 1.46. The highest BCUT2D eigenvalue weighted by Gasteiger charge is 2.48. The van der Waals surface area contributed by atoms with E-state index in [4.69, 9.17) is 28.5 Å². The SMILES string of the molecule is N#Cc1cccc(NC(=O)C2CC2C(=O)Nc2ccc(Cl)cc2Cl)c1. The fourth-order valence-corrected chi connectivity index (χ4v) is 2.95. The molecule has 0 bridgehead atoms. The third-order valence-electron chi connectivity index (χ3n) is 3.91. The second kappa shape index (κ2) is 7.14. The van der Waals surface area contributed by atoms with Crippen LogP contribution in [0.25, 0.3) is 0 Å². The number of nitrogens with zero attached hydrogens (tertiary/aromatic N) is 1. The minimum atomic E-state index is -0.397. The van der Waals surface area contributed by atoms with Crippen LogP contribution in [0.4, 0.5) is 11.4 Å². The molecule has 25 heavy (non-hydrogen) atoms. The monoisotopic (exact) mass is 373 g/mol. The molecule has 3 rings (SSSR count). The fourth-order valence-electron chi connectivity index (χ4n) is 2.49. The highest BCUT2D eigenvalue weighted by Crippen LogP contribution is 2.40. The predicted octanol–water partition coefficient (Wildman–Crippen LogP) is 4.08. The summed E-state index contributed by atoms with van der Waals surface area (Å²) in [5, 5.41) is 15.1.